The number of anilines is 1. The number of benzene rings is 2. The molecular weight excluding hydrogens is 540 g/mol. The van der Waals surface area contributed by atoms with E-state index < -0.39 is 17.1 Å². The molecule has 4 rings (SSSR count). The number of fused-ring (bicyclic) bond motifs is 1. The molecule has 0 radical (unpaired) electrons. The number of aliphatic imine (C=N–C) groups is 1. The van der Waals surface area contributed by atoms with Crippen LogP contribution < -0.4 is 21.8 Å². The van der Waals surface area contributed by atoms with Crippen LogP contribution in [0.3, 0.4) is 0 Å². The predicted octanol–water partition coefficient (Wildman–Crippen LogP) is 3.40. The van der Waals surface area contributed by atoms with Gasteiger partial charge in [-0.3, -0.25) is 23.9 Å². The van der Waals surface area contributed by atoms with Crippen molar-refractivity contribution < 1.29 is 5.11 Å². The number of nitrogens with zero attached hydrogens (tertiary/aromatic N) is 5. The minimum absolute atomic E-state index is 0.160. The Bertz CT molecular complexity index is 1740. The van der Waals surface area contributed by atoms with E-state index in [4.69, 9.17) is 0 Å². The highest BCUT2D eigenvalue weighted by Gasteiger charge is 2.18. The van der Waals surface area contributed by atoms with E-state index in [0.717, 1.165) is 31.4 Å². The first-order valence-corrected chi connectivity index (χ1v) is 12.6. The summed E-state index contributed by atoms with van der Waals surface area (Å²) in [6, 6.07) is 7.27. The van der Waals surface area contributed by atoms with Gasteiger partial charge in [-0.1, -0.05) is 15.9 Å². The summed E-state index contributed by atoms with van der Waals surface area (Å²) in [6.07, 6.45) is 1.25. The number of rotatable bonds is 6. The van der Waals surface area contributed by atoms with E-state index >= 15 is 0 Å². The zero-order valence-corrected chi connectivity index (χ0v) is 23.2. The molecule has 2 N–H and O–H groups in total. The Hall–Kier alpha value is -3.86. The zero-order chi connectivity index (χ0) is 27.2. The van der Waals surface area contributed by atoms with Crippen molar-refractivity contribution >= 4 is 44.6 Å². The maximum atomic E-state index is 12.7. The van der Waals surface area contributed by atoms with Crippen molar-refractivity contribution in [3.05, 3.63) is 76.8 Å². The fourth-order valence-corrected chi connectivity index (χ4v) is 4.92. The Morgan fingerprint density at radius 1 is 1.00 bits per heavy atom. The number of hydrogen-bond acceptors (Lipinski definition) is 6. The van der Waals surface area contributed by atoms with Gasteiger partial charge in [-0.2, -0.15) is 0 Å². The molecule has 0 unspecified atom stereocenters. The summed E-state index contributed by atoms with van der Waals surface area (Å²) in [6.45, 7) is 9.10. The van der Waals surface area contributed by atoms with Gasteiger partial charge in [0, 0.05) is 37.9 Å². The molecule has 0 saturated carbocycles. The molecule has 194 valence electrons. The molecule has 2 aromatic heterocycles. The van der Waals surface area contributed by atoms with Gasteiger partial charge in [-0.25, -0.2) is 14.2 Å². The van der Waals surface area contributed by atoms with Crippen LogP contribution in [0.2, 0.25) is 0 Å². The third-order valence-corrected chi connectivity index (χ3v) is 7.50. The first kappa shape index (κ1) is 26.2. The van der Waals surface area contributed by atoms with Crippen molar-refractivity contribution in [1.82, 2.24) is 18.7 Å². The Kier molecular flexibility index (Phi) is 7.00. The maximum Gasteiger partial charge on any atom is 0.335 e. The van der Waals surface area contributed by atoms with Gasteiger partial charge >= 0.3 is 11.4 Å². The molecule has 11 heteroatoms. The Balaban J connectivity index is 1.95. The van der Waals surface area contributed by atoms with Crippen LogP contribution in [0.5, 0.6) is 5.88 Å². The molecule has 37 heavy (non-hydrogen) atoms. The van der Waals surface area contributed by atoms with Crippen molar-refractivity contribution in [2.75, 3.05) is 18.0 Å². The molecule has 10 nitrogen and oxygen atoms in total. The van der Waals surface area contributed by atoms with Gasteiger partial charge in [-0.15, -0.1) is 0 Å². The Morgan fingerprint density at radius 2 is 1.62 bits per heavy atom. The van der Waals surface area contributed by atoms with Gasteiger partial charge in [0.25, 0.3) is 5.56 Å². The zero-order valence-electron chi connectivity index (χ0n) is 21.6. The van der Waals surface area contributed by atoms with E-state index in [1.807, 2.05) is 32.9 Å². The number of aromatic hydroxyl groups is 1. The number of halogens is 1. The molecule has 0 atom stereocenters. The molecule has 0 aliphatic carbocycles. The summed E-state index contributed by atoms with van der Waals surface area (Å²) in [4.78, 5) is 46.9. The SMILES string of the molecule is CCN(CC)c1cc2c(cc1N=Cc1c(O)n(-c3cc(C)c(Br)cc3C)c(=O)[nH]c1=O)n(C)c(=O)n2C. The van der Waals surface area contributed by atoms with E-state index in [-0.39, 0.29) is 11.3 Å². The van der Waals surface area contributed by atoms with Crippen molar-refractivity contribution in [2.45, 2.75) is 27.7 Å². The molecule has 0 amide bonds. The molecule has 0 fully saturated rings. The average Bonchev–Trinajstić information content (AvgIpc) is 3.06. The molecule has 0 saturated heterocycles. The maximum absolute atomic E-state index is 12.7. The van der Waals surface area contributed by atoms with Gasteiger partial charge in [0.15, 0.2) is 0 Å². The van der Waals surface area contributed by atoms with Crippen LogP contribution >= 0.6 is 15.9 Å². The lowest BCUT2D eigenvalue weighted by Crippen LogP contribution is -2.31. The lowest BCUT2D eigenvalue weighted by Gasteiger charge is -2.23. The quantitative estimate of drug-likeness (QED) is 0.346. The predicted molar refractivity (Wildman–Crippen MR) is 150 cm³/mol. The second-order valence-corrected chi connectivity index (χ2v) is 9.73. The van der Waals surface area contributed by atoms with Crippen molar-refractivity contribution in [3.8, 4) is 11.6 Å². The molecule has 0 spiro atoms. The van der Waals surface area contributed by atoms with E-state index in [9.17, 15) is 19.5 Å². The number of H-pyrrole nitrogens is 1. The monoisotopic (exact) mass is 568 g/mol. The fourth-order valence-electron chi connectivity index (χ4n) is 4.46. The van der Waals surface area contributed by atoms with E-state index in [1.54, 1.807) is 37.7 Å². The normalized spacial score (nSPS) is 11.6. The van der Waals surface area contributed by atoms with E-state index in [0.29, 0.717) is 30.0 Å². The number of hydrogen-bond donors (Lipinski definition) is 2. The first-order valence-electron chi connectivity index (χ1n) is 11.8. The van der Waals surface area contributed by atoms with Crippen LogP contribution in [0, 0.1) is 13.8 Å². The summed E-state index contributed by atoms with van der Waals surface area (Å²) in [7, 11) is 3.40. The third-order valence-electron chi connectivity index (χ3n) is 6.64. The average molecular weight is 569 g/mol. The van der Waals surface area contributed by atoms with E-state index in [1.165, 1.54) is 10.8 Å². The molecule has 2 aromatic carbocycles. The molecule has 2 heterocycles. The second-order valence-electron chi connectivity index (χ2n) is 8.88. The van der Waals surface area contributed by atoms with Gasteiger partial charge in [0.1, 0.15) is 5.56 Å². The molecule has 0 aliphatic rings. The van der Waals surface area contributed by atoms with E-state index in [2.05, 4.69) is 30.8 Å². The van der Waals surface area contributed by atoms with Crippen LogP contribution in [0.1, 0.15) is 30.5 Å². The number of nitrogens with one attached hydrogen (secondary N) is 1. The molecule has 0 aliphatic heterocycles. The number of aryl methyl sites for hydroxylation is 4. The summed E-state index contributed by atoms with van der Waals surface area (Å²) >= 11 is 3.47. The standard InChI is InChI=1S/C26H29BrN6O4/c1-7-32(8-2)20-12-22-21(30(5)26(37)31(22)6)11-18(20)28-13-16-23(34)29-25(36)33(24(16)35)19-10-14(3)17(27)9-15(19)4/h9-13,35H,7-8H2,1-6H3,(H,29,34,36). The Labute approximate surface area is 221 Å². The lowest BCUT2D eigenvalue weighted by molar-refractivity contribution is 0.430. The lowest BCUT2D eigenvalue weighted by atomic mass is 10.1. The first-order chi connectivity index (χ1) is 17.5. The molecular formula is C26H29BrN6O4. The summed E-state index contributed by atoms with van der Waals surface area (Å²) in [5, 5.41) is 11.1. The topological polar surface area (TPSA) is 118 Å². The molecule has 4 aromatic rings. The van der Waals surface area contributed by atoms with Gasteiger partial charge < -0.3 is 10.0 Å². The van der Waals surface area contributed by atoms with Gasteiger partial charge in [0.2, 0.25) is 5.88 Å². The number of imidazole rings is 1. The minimum atomic E-state index is -0.758. The van der Waals surface area contributed by atoms with Gasteiger partial charge in [-0.05, 0) is 63.1 Å². The Morgan fingerprint density at radius 3 is 2.24 bits per heavy atom. The summed E-state index contributed by atoms with van der Waals surface area (Å²) in [5.41, 5.74) is 2.92. The largest absolute Gasteiger partial charge is 0.493 e. The summed E-state index contributed by atoms with van der Waals surface area (Å²) in [5.74, 6) is -0.514. The van der Waals surface area contributed by atoms with Crippen LogP contribution in [0.4, 0.5) is 11.4 Å². The van der Waals surface area contributed by atoms with Crippen LogP contribution in [0.15, 0.2) is 48.1 Å². The van der Waals surface area contributed by atoms with Crippen LogP contribution in [-0.2, 0) is 14.1 Å². The highest BCUT2D eigenvalue weighted by Crippen LogP contribution is 2.33. The van der Waals surface area contributed by atoms with Crippen molar-refractivity contribution in [1.29, 1.82) is 0 Å². The summed E-state index contributed by atoms with van der Waals surface area (Å²) < 4.78 is 5.03. The fraction of sp³-hybridized carbons (Fsp3) is 0.308. The van der Waals surface area contributed by atoms with Crippen molar-refractivity contribution in [3.63, 3.8) is 0 Å². The highest BCUT2D eigenvalue weighted by atomic mass is 79.9. The molecule has 0 bridgehead atoms. The minimum Gasteiger partial charge on any atom is -0.493 e. The number of aromatic amines is 1. The highest BCUT2D eigenvalue weighted by molar-refractivity contribution is 9.10. The smallest absolute Gasteiger partial charge is 0.335 e. The van der Waals surface area contributed by atoms with Crippen molar-refractivity contribution in [2.24, 2.45) is 19.1 Å². The second kappa shape index (κ2) is 9.89. The van der Waals surface area contributed by atoms with Crippen LogP contribution in [-0.4, -0.2) is 43.1 Å². The number of aromatic nitrogens is 4. The third kappa shape index (κ3) is 4.43. The van der Waals surface area contributed by atoms with Gasteiger partial charge in [0.05, 0.1) is 28.1 Å². The van der Waals surface area contributed by atoms with Crippen LogP contribution in [0.25, 0.3) is 16.7 Å².